The zero-order valence-corrected chi connectivity index (χ0v) is 8.42. The number of benzene rings is 1. The van der Waals surface area contributed by atoms with E-state index >= 15 is 0 Å². The molecule has 2 rings (SSSR count). The summed E-state index contributed by atoms with van der Waals surface area (Å²) in [6.45, 7) is 2.17. The Hall–Kier alpha value is -1.22. The molecule has 0 amide bonds. The number of nitrogens with one attached hydrogen (secondary N) is 1. The maximum Gasteiger partial charge on any atom is 0.141 e. The van der Waals surface area contributed by atoms with E-state index in [2.05, 4.69) is 11.4 Å². The molecule has 14 heavy (non-hydrogen) atoms. The second kappa shape index (κ2) is 3.88. The van der Waals surface area contributed by atoms with E-state index in [1.54, 1.807) is 7.11 Å². The van der Waals surface area contributed by atoms with E-state index in [4.69, 9.17) is 10.5 Å². The molecular formula is C11H16N2O. The van der Waals surface area contributed by atoms with Gasteiger partial charge < -0.3 is 15.8 Å². The van der Waals surface area contributed by atoms with Crippen LogP contribution in [0.2, 0.25) is 0 Å². The fourth-order valence-electron chi connectivity index (χ4n) is 1.95. The summed E-state index contributed by atoms with van der Waals surface area (Å²) in [6.07, 6.45) is 1.20. The molecule has 0 spiro atoms. The molecule has 0 bridgehead atoms. The Morgan fingerprint density at radius 3 is 2.93 bits per heavy atom. The van der Waals surface area contributed by atoms with Crippen LogP contribution in [-0.2, 0) is 0 Å². The van der Waals surface area contributed by atoms with Gasteiger partial charge in [0.2, 0.25) is 0 Å². The first-order valence-corrected chi connectivity index (χ1v) is 4.95. The number of hydrogen-bond donors (Lipinski definition) is 2. The average molecular weight is 192 g/mol. The Morgan fingerprint density at radius 1 is 1.50 bits per heavy atom. The Kier molecular flexibility index (Phi) is 2.59. The molecule has 1 fully saturated rings. The largest absolute Gasteiger partial charge is 0.495 e. The van der Waals surface area contributed by atoms with Crippen molar-refractivity contribution in [3.8, 4) is 5.75 Å². The van der Waals surface area contributed by atoms with E-state index in [1.807, 2.05) is 12.1 Å². The van der Waals surface area contributed by atoms with Crippen LogP contribution in [0, 0.1) is 0 Å². The highest BCUT2D eigenvalue weighted by Crippen LogP contribution is 2.28. The number of methoxy groups -OCH3 is 1. The minimum Gasteiger partial charge on any atom is -0.495 e. The smallest absolute Gasteiger partial charge is 0.141 e. The lowest BCUT2D eigenvalue weighted by Crippen LogP contribution is -2.08. The fourth-order valence-corrected chi connectivity index (χ4v) is 1.95. The Morgan fingerprint density at radius 2 is 2.36 bits per heavy atom. The molecule has 0 aromatic heterocycles. The van der Waals surface area contributed by atoms with E-state index in [0.29, 0.717) is 5.92 Å². The zero-order chi connectivity index (χ0) is 9.97. The zero-order valence-electron chi connectivity index (χ0n) is 8.42. The molecule has 0 aliphatic carbocycles. The lowest BCUT2D eigenvalue weighted by Gasteiger charge is -2.11. The van der Waals surface area contributed by atoms with Crippen molar-refractivity contribution in [3.63, 3.8) is 0 Å². The van der Waals surface area contributed by atoms with Crippen molar-refractivity contribution in [2.75, 3.05) is 25.9 Å². The highest BCUT2D eigenvalue weighted by atomic mass is 16.5. The Balaban J connectivity index is 2.23. The summed E-state index contributed by atoms with van der Waals surface area (Å²) >= 11 is 0. The van der Waals surface area contributed by atoms with E-state index in [0.717, 1.165) is 24.5 Å². The molecule has 3 nitrogen and oxygen atoms in total. The van der Waals surface area contributed by atoms with Crippen LogP contribution in [0.25, 0.3) is 0 Å². The van der Waals surface area contributed by atoms with E-state index in [-0.39, 0.29) is 0 Å². The molecule has 1 heterocycles. The van der Waals surface area contributed by atoms with Crippen LogP contribution in [0.1, 0.15) is 17.9 Å². The maximum absolute atomic E-state index is 5.85. The number of ether oxygens (including phenoxy) is 1. The standard InChI is InChI=1S/C11H16N2O/c1-14-11-3-2-8(6-10(11)12)9-4-5-13-7-9/h2-3,6,9,13H,4-5,7,12H2,1H3/t9-/m0/s1. The molecule has 0 radical (unpaired) electrons. The number of rotatable bonds is 2. The van der Waals surface area contributed by atoms with Gasteiger partial charge in [-0.2, -0.15) is 0 Å². The summed E-state index contributed by atoms with van der Waals surface area (Å²) < 4.78 is 5.12. The molecule has 1 aromatic rings. The normalized spacial score (nSPS) is 21.1. The number of nitrogen functional groups attached to an aromatic ring is 1. The van der Waals surface area contributed by atoms with Crippen molar-refractivity contribution in [2.45, 2.75) is 12.3 Å². The van der Waals surface area contributed by atoms with Crippen LogP contribution in [0.3, 0.4) is 0 Å². The average Bonchev–Trinajstić information content (AvgIpc) is 2.70. The molecule has 3 N–H and O–H groups in total. The summed E-state index contributed by atoms with van der Waals surface area (Å²) in [5, 5.41) is 3.35. The lowest BCUT2D eigenvalue weighted by atomic mass is 9.98. The van der Waals surface area contributed by atoms with Crippen LogP contribution in [0.5, 0.6) is 5.75 Å². The van der Waals surface area contributed by atoms with Gasteiger partial charge in [0.15, 0.2) is 0 Å². The Bertz CT molecular complexity index is 319. The van der Waals surface area contributed by atoms with Gasteiger partial charge in [0, 0.05) is 6.54 Å². The van der Waals surface area contributed by atoms with E-state index < -0.39 is 0 Å². The maximum atomic E-state index is 5.85. The molecule has 1 aromatic carbocycles. The third-order valence-electron chi connectivity index (χ3n) is 2.79. The first kappa shape index (κ1) is 9.34. The second-order valence-corrected chi connectivity index (χ2v) is 3.69. The number of anilines is 1. The molecule has 1 aliphatic rings. The quantitative estimate of drug-likeness (QED) is 0.695. The van der Waals surface area contributed by atoms with Crippen LogP contribution in [-0.4, -0.2) is 20.2 Å². The number of hydrogen-bond acceptors (Lipinski definition) is 3. The molecule has 1 saturated heterocycles. The molecule has 0 saturated carbocycles. The first-order valence-electron chi connectivity index (χ1n) is 4.95. The van der Waals surface area contributed by atoms with Crippen molar-refractivity contribution in [1.82, 2.24) is 5.32 Å². The van der Waals surface area contributed by atoms with Crippen molar-refractivity contribution in [2.24, 2.45) is 0 Å². The van der Waals surface area contributed by atoms with Gasteiger partial charge in [-0.1, -0.05) is 6.07 Å². The molecule has 3 heteroatoms. The predicted octanol–water partition coefficient (Wildman–Crippen LogP) is 1.35. The summed E-state index contributed by atoms with van der Waals surface area (Å²) in [5.41, 5.74) is 7.90. The first-order chi connectivity index (χ1) is 6.81. The van der Waals surface area contributed by atoms with Gasteiger partial charge in [-0.05, 0) is 36.6 Å². The fraction of sp³-hybridized carbons (Fsp3) is 0.455. The van der Waals surface area contributed by atoms with Gasteiger partial charge in [0.1, 0.15) is 5.75 Å². The van der Waals surface area contributed by atoms with Gasteiger partial charge in [-0.3, -0.25) is 0 Å². The monoisotopic (exact) mass is 192 g/mol. The summed E-state index contributed by atoms with van der Waals surface area (Å²) in [4.78, 5) is 0. The van der Waals surface area contributed by atoms with Crippen molar-refractivity contribution >= 4 is 5.69 Å². The summed E-state index contributed by atoms with van der Waals surface area (Å²) in [6, 6.07) is 6.08. The molecule has 1 atom stereocenters. The van der Waals surface area contributed by atoms with Gasteiger partial charge in [-0.25, -0.2) is 0 Å². The van der Waals surface area contributed by atoms with Crippen molar-refractivity contribution in [3.05, 3.63) is 23.8 Å². The van der Waals surface area contributed by atoms with Crippen molar-refractivity contribution in [1.29, 1.82) is 0 Å². The second-order valence-electron chi connectivity index (χ2n) is 3.69. The summed E-state index contributed by atoms with van der Waals surface area (Å²) in [5.74, 6) is 1.38. The van der Waals surface area contributed by atoms with Gasteiger partial charge in [0.25, 0.3) is 0 Å². The highest BCUT2D eigenvalue weighted by Gasteiger charge is 2.17. The Labute approximate surface area is 84.3 Å². The number of nitrogens with two attached hydrogens (primary N) is 1. The molecular weight excluding hydrogens is 176 g/mol. The topological polar surface area (TPSA) is 47.3 Å². The summed E-state index contributed by atoms with van der Waals surface area (Å²) in [7, 11) is 1.64. The SMILES string of the molecule is COc1ccc([C@H]2CCNC2)cc1N. The van der Waals surface area contributed by atoms with Gasteiger partial charge >= 0.3 is 0 Å². The van der Waals surface area contributed by atoms with Crippen LogP contribution >= 0.6 is 0 Å². The molecule has 1 aliphatic heterocycles. The lowest BCUT2D eigenvalue weighted by molar-refractivity contribution is 0.416. The van der Waals surface area contributed by atoms with E-state index in [1.165, 1.54) is 12.0 Å². The minimum atomic E-state index is 0.614. The van der Waals surface area contributed by atoms with Crippen LogP contribution in [0.15, 0.2) is 18.2 Å². The van der Waals surface area contributed by atoms with Crippen molar-refractivity contribution < 1.29 is 4.74 Å². The van der Waals surface area contributed by atoms with Gasteiger partial charge in [-0.15, -0.1) is 0 Å². The van der Waals surface area contributed by atoms with E-state index in [9.17, 15) is 0 Å². The third kappa shape index (κ3) is 1.68. The molecule has 76 valence electrons. The molecule has 0 unspecified atom stereocenters. The third-order valence-corrected chi connectivity index (χ3v) is 2.79. The predicted molar refractivity (Wildman–Crippen MR) is 57.6 cm³/mol. The highest BCUT2D eigenvalue weighted by molar-refractivity contribution is 5.54. The minimum absolute atomic E-state index is 0.614. The van der Waals surface area contributed by atoms with Gasteiger partial charge in [0.05, 0.1) is 12.8 Å². The van der Waals surface area contributed by atoms with Crippen LogP contribution in [0.4, 0.5) is 5.69 Å². The van der Waals surface area contributed by atoms with Crippen LogP contribution < -0.4 is 15.8 Å².